The van der Waals surface area contributed by atoms with Gasteiger partial charge < -0.3 is 15.8 Å². The van der Waals surface area contributed by atoms with Crippen molar-refractivity contribution in [3.05, 3.63) is 58.7 Å². The Balaban J connectivity index is 1.92. The van der Waals surface area contributed by atoms with Crippen molar-refractivity contribution in [3.8, 4) is 5.75 Å². The number of rotatable bonds is 3. The lowest BCUT2D eigenvalue weighted by Crippen LogP contribution is -2.11. The van der Waals surface area contributed by atoms with E-state index in [1.807, 2.05) is 0 Å². The number of hydrogen-bond acceptors (Lipinski definition) is 3. The van der Waals surface area contributed by atoms with Crippen LogP contribution in [-0.2, 0) is 0 Å². The molecule has 0 fully saturated rings. The van der Waals surface area contributed by atoms with Crippen molar-refractivity contribution in [1.29, 1.82) is 0 Å². The second-order valence-corrected chi connectivity index (χ2v) is 5.76. The minimum atomic E-state index is 0.117. The van der Waals surface area contributed by atoms with Crippen LogP contribution >= 0.6 is 0 Å². The molecule has 2 unspecified atom stereocenters. The normalized spacial score (nSPS) is 20.2. The van der Waals surface area contributed by atoms with Gasteiger partial charge in [0.05, 0.1) is 13.2 Å². The molecule has 0 amide bonds. The lowest BCUT2D eigenvalue weighted by Gasteiger charge is -2.20. The summed E-state index contributed by atoms with van der Waals surface area (Å²) in [5.74, 6) is 0.954. The van der Waals surface area contributed by atoms with Crippen LogP contribution in [0.1, 0.15) is 40.8 Å². The third kappa shape index (κ3) is 2.38. The van der Waals surface area contributed by atoms with Crippen LogP contribution in [0.5, 0.6) is 5.75 Å². The topological polar surface area (TPSA) is 47.3 Å². The summed E-state index contributed by atoms with van der Waals surface area (Å²) in [6, 6.07) is 13.0. The van der Waals surface area contributed by atoms with Crippen molar-refractivity contribution in [2.75, 3.05) is 12.4 Å². The van der Waals surface area contributed by atoms with Gasteiger partial charge in [-0.15, -0.1) is 0 Å². The summed E-state index contributed by atoms with van der Waals surface area (Å²) in [5, 5.41) is 3.64. The van der Waals surface area contributed by atoms with E-state index in [9.17, 15) is 0 Å². The van der Waals surface area contributed by atoms with Crippen molar-refractivity contribution in [2.45, 2.75) is 32.4 Å². The van der Waals surface area contributed by atoms with E-state index in [2.05, 4.69) is 55.6 Å². The first-order valence-corrected chi connectivity index (χ1v) is 7.37. The fourth-order valence-electron chi connectivity index (χ4n) is 3.30. The van der Waals surface area contributed by atoms with Crippen LogP contribution in [-0.4, -0.2) is 7.11 Å². The zero-order valence-corrected chi connectivity index (χ0v) is 12.8. The zero-order chi connectivity index (χ0) is 15.0. The molecule has 1 aliphatic carbocycles. The van der Waals surface area contributed by atoms with Crippen molar-refractivity contribution >= 4 is 5.69 Å². The van der Waals surface area contributed by atoms with Crippen LogP contribution < -0.4 is 15.8 Å². The van der Waals surface area contributed by atoms with E-state index in [-0.39, 0.29) is 12.1 Å². The molecule has 0 radical (unpaired) electrons. The summed E-state index contributed by atoms with van der Waals surface area (Å²) in [7, 11) is 1.72. The Labute approximate surface area is 126 Å². The average Bonchev–Trinajstić information content (AvgIpc) is 2.80. The average molecular weight is 282 g/mol. The summed E-state index contributed by atoms with van der Waals surface area (Å²) in [6.45, 7) is 4.16. The maximum atomic E-state index is 6.24. The zero-order valence-electron chi connectivity index (χ0n) is 12.8. The Morgan fingerprint density at radius 1 is 1.10 bits per heavy atom. The first-order chi connectivity index (χ1) is 10.1. The molecule has 2 aromatic rings. The Morgan fingerprint density at radius 3 is 2.52 bits per heavy atom. The number of fused-ring (bicyclic) bond motifs is 1. The standard InChI is InChI=1S/C18H22N2O/c1-11-8-9-16(12(2)18(11)21-3)20-17-10-15(19)13-6-4-5-7-14(13)17/h4-9,15,17,20H,10,19H2,1-3H3. The number of methoxy groups -OCH3 is 1. The molecule has 3 heteroatoms. The summed E-state index contributed by atoms with van der Waals surface area (Å²) in [5.41, 5.74) is 12.2. The minimum absolute atomic E-state index is 0.117. The van der Waals surface area contributed by atoms with Crippen LogP contribution in [0.2, 0.25) is 0 Å². The Bertz CT molecular complexity index is 666. The molecule has 21 heavy (non-hydrogen) atoms. The van der Waals surface area contributed by atoms with E-state index in [4.69, 9.17) is 10.5 Å². The molecular formula is C18H22N2O. The summed E-state index contributed by atoms with van der Waals surface area (Å²) in [6.07, 6.45) is 0.926. The third-order valence-electron chi connectivity index (χ3n) is 4.40. The monoisotopic (exact) mass is 282 g/mol. The van der Waals surface area contributed by atoms with E-state index >= 15 is 0 Å². The molecule has 3 N–H and O–H groups in total. The van der Waals surface area contributed by atoms with E-state index in [0.717, 1.165) is 29.0 Å². The molecular weight excluding hydrogens is 260 g/mol. The van der Waals surface area contributed by atoms with Gasteiger partial charge in [-0.1, -0.05) is 30.3 Å². The van der Waals surface area contributed by atoms with Gasteiger partial charge in [-0.3, -0.25) is 0 Å². The van der Waals surface area contributed by atoms with Gasteiger partial charge in [0, 0.05) is 17.3 Å². The highest BCUT2D eigenvalue weighted by Gasteiger charge is 2.28. The predicted molar refractivity (Wildman–Crippen MR) is 86.8 cm³/mol. The van der Waals surface area contributed by atoms with Gasteiger partial charge in [0.25, 0.3) is 0 Å². The molecule has 0 aromatic heterocycles. The quantitative estimate of drug-likeness (QED) is 0.898. The molecule has 3 nitrogen and oxygen atoms in total. The van der Waals surface area contributed by atoms with Gasteiger partial charge in [-0.2, -0.15) is 0 Å². The van der Waals surface area contributed by atoms with Crippen LogP contribution in [0.4, 0.5) is 5.69 Å². The fourth-order valence-corrected chi connectivity index (χ4v) is 3.30. The molecule has 1 aliphatic rings. The van der Waals surface area contributed by atoms with Gasteiger partial charge in [0.1, 0.15) is 5.75 Å². The molecule has 110 valence electrons. The number of ether oxygens (including phenoxy) is 1. The first-order valence-electron chi connectivity index (χ1n) is 7.37. The van der Waals surface area contributed by atoms with E-state index in [1.165, 1.54) is 11.1 Å². The van der Waals surface area contributed by atoms with Gasteiger partial charge >= 0.3 is 0 Å². The van der Waals surface area contributed by atoms with Crippen molar-refractivity contribution in [3.63, 3.8) is 0 Å². The van der Waals surface area contributed by atoms with Crippen LogP contribution in [0, 0.1) is 13.8 Å². The van der Waals surface area contributed by atoms with E-state index in [1.54, 1.807) is 7.11 Å². The minimum Gasteiger partial charge on any atom is -0.496 e. The van der Waals surface area contributed by atoms with Crippen LogP contribution in [0.15, 0.2) is 36.4 Å². The maximum Gasteiger partial charge on any atom is 0.126 e. The maximum absolute atomic E-state index is 6.24. The molecule has 2 atom stereocenters. The molecule has 3 rings (SSSR count). The molecule has 0 bridgehead atoms. The van der Waals surface area contributed by atoms with Crippen molar-refractivity contribution in [2.24, 2.45) is 5.73 Å². The van der Waals surface area contributed by atoms with Crippen molar-refractivity contribution < 1.29 is 4.74 Å². The molecule has 0 aliphatic heterocycles. The first kappa shape index (κ1) is 14.0. The van der Waals surface area contributed by atoms with Crippen LogP contribution in [0.25, 0.3) is 0 Å². The second kappa shape index (κ2) is 5.41. The smallest absolute Gasteiger partial charge is 0.126 e. The third-order valence-corrected chi connectivity index (χ3v) is 4.40. The number of aryl methyl sites for hydroxylation is 1. The summed E-state index contributed by atoms with van der Waals surface area (Å²) < 4.78 is 5.51. The second-order valence-electron chi connectivity index (χ2n) is 5.76. The van der Waals surface area contributed by atoms with E-state index < -0.39 is 0 Å². The molecule has 0 spiro atoms. The largest absolute Gasteiger partial charge is 0.496 e. The summed E-state index contributed by atoms with van der Waals surface area (Å²) in [4.78, 5) is 0. The van der Waals surface area contributed by atoms with Gasteiger partial charge in [-0.25, -0.2) is 0 Å². The highest BCUT2D eigenvalue weighted by Crippen LogP contribution is 2.40. The Hall–Kier alpha value is -2.00. The number of anilines is 1. The number of nitrogens with two attached hydrogens (primary N) is 1. The fraction of sp³-hybridized carbons (Fsp3) is 0.333. The highest BCUT2D eigenvalue weighted by atomic mass is 16.5. The van der Waals surface area contributed by atoms with Gasteiger partial charge in [-0.05, 0) is 43.0 Å². The lowest BCUT2D eigenvalue weighted by molar-refractivity contribution is 0.409. The Morgan fingerprint density at radius 2 is 1.81 bits per heavy atom. The predicted octanol–water partition coefficient (Wildman–Crippen LogP) is 3.87. The molecule has 0 saturated heterocycles. The highest BCUT2D eigenvalue weighted by molar-refractivity contribution is 5.61. The number of benzene rings is 2. The van der Waals surface area contributed by atoms with E-state index in [0.29, 0.717) is 0 Å². The molecule has 0 heterocycles. The molecule has 2 aromatic carbocycles. The summed E-state index contributed by atoms with van der Waals surface area (Å²) >= 11 is 0. The van der Waals surface area contributed by atoms with Gasteiger partial charge in [0.15, 0.2) is 0 Å². The molecule has 0 saturated carbocycles. The lowest BCUT2D eigenvalue weighted by atomic mass is 10.1. The number of nitrogens with one attached hydrogen (secondary N) is 1. The van der Waals surface area contributed by atoms with Crippen molar-refractivity contribution in [1.82, 2.24) is 0 Å². The SMILES string of the molecule is COc1c(C)ccc(NC2CC(N)c3ccccc32)c1C. The van der Waals surface area contributed by atoms with Crippen LogP contribution in [0.3, 0.4) is 0 Å². The van der Waals surface area contributed by atoms with Gasteiger partial charge in [0.2, 0.25) is 0 Å². The number of hydrogen-bond donors (Lipinski definition) is 2. The Kier molecular flexibility index (Phi) is 3.60.